The zero-order valence-corrected chi connectivity index (χ0v) is 14.6. The third kappa shape index (κ3) is 2.75. The molecule has 2 aliphatic heterocycles. The third-order valence-electron chi connectivity index (χ3n) is 6.25. The van der Waals surface area contributed by atoms with Crippen LogP contribution in [0, 0.1) is 16.7 Å². The number of esters is 1. The van der Waals surface area contributed by atoms with E-state index >= 15 is 0 Å². The summed E-state index contributed by atoms with van der Waals surface area (Å²) in [5.41, 5.74) is -2.56. The molecule has 2 heterocycles. The largest absolute Gasteiger partial charge is 0.481 e. The predicted octanol–water partition coefficient (Wildman–Crippen LogP) is 2.34. The van der Waals surface area contributed by atoms with Gasteiger partial charge in [-0.15, -0.1) is 0 Å². The van der Waals surface area contributed by atoms with Gasteiger partial charge in [-0.3, -0.25) is 14.4 Å². The summed E-state index contributed by atoms with van der Waals surface area (Å²) in [6, 6.07) is 0. The minimum absolute atomic E-state index is 0.0372. The van der Waals surface area contributed by atoms with Gasteiger partial charge < -0.3 is 14.6 Å². The highest BCUT2D eigenvalue weighted by Crippen LogP contribution is 2.57. The molecule has 0 aromatic carbocycles. The normalized spacial score (nSPS) is 38.5. The monoisotopic (exact) mass is 338 g/mol. The number of fused-ring (bicyclic) bond motifs is 2. The SMILES string of the molecule is CCC(C)(C)C(=O)OC12CC3CC(C(=O)O)(CC(C1)C(=O)CO3)C2. The Bertz CT molecular complexity index is 580. The van der Waals surface area contributed by atoms with E-state index in [9.17, 15) is 19.5 Å². The Morgan fingerprint density at radius 3 is 2.62 bits per heavy atom. The van der Waals surface area contributed by atoms with E-state index in [4.69, 9.17) is 9.47 Å². The molecule has 6 nitrogen and oxygen atoms in total. The second kappa shape index (κ2) is 5.55. The zero-order chi connectivity index (χ0) is 17.8. The number of Topliss-reactive ketones (excluding diaryl/α,β-unsaturated/α-hetero) is 1. The fourth-order valence-corrected chi connectivity index (χ4v) is 4.50. The molecule has 6 heteroatoms. The maximum atomic E-state index is 12.6. The molecule has 4 atom stereocenters. The summed E-state index contributed by atoms with van der Waals surface area (Å²) in [5.74, 6) is -1.71. The Hall–Kier alpha value is -1.43. The lowest BCUT2D eigenvalue weighted by Gasteiger charge is -2.55. The van der Waals surface area contributed by atoms with E-state index in [0.29, 0.717) is 32.1 Å². The quantitative estimate of drug-likeness (QED) is 0.791. The number of rotatable bonds is 4. The Morgan fingerprint density at radius 1 is 1.29 bits per heavy atom. The van der Waals surface area contributed by atoms with Crippen LogP contribution in [0.3, 0.4) is 0 Å². The van der Waals surface area contributed by atoms with Crippen LogP contribution in [0.4, 0.5) is 0 Å². The Balaban J connectivity index is 1.96. The van der Waals surface area contributed by atoms with Crippen molar-refractivity contribution in [3.63, 3.8) is 0 Å². The van der Waals surface area contributed by atoms with Gasteiger partial charge in [0.05, 0.1) is 16.9 Å². The number of aliphatic carboxylic acids is 1. The van der Waals surface area contributed by atoms with E-state index in [1.54, 1.807) is 0 Å². The van der Waals surface area contributed by atoms with Crippen molar-refractivity contribution in [3.05, 3.63) is 0 Å². The van der Waals surface area contributed by atoms with Crippen LogP contribution < -0.4 is 0 Å². The van der Waals surface area contributed by atoms with Crippen molar-refractivity contribution in [2.75, 3.05) is 6.61 Å². The smallest absolute Gasteiger partial charge is 0.312 e. The molecule has 4 rings (SSSR count). The van der Waals surface area contributed by atoms with E-state index in [1.165, 1.54) is 0 Å². The summed E-state index contributed by atoms with van der Waals surface area (Å²) in [4.78, 5) is 37.0. The molecule has 2 saturated carbocycles. The fourth-order valence-electron chi connectivity index (χ4n) is 4.50. The Labute approximate surface area is 141 Å². The lowest BCUT2D eigenvalue weighted by Crippen LogP contribution is -2.61. The maximum absolute atomic E-state index is 12.6. The van der Waals surface area contributed by atoms with E-state index in [0.717, 1.165) is 0 Å². The van der Waals surface area contributed by atoms with Gasteiger partial charge in [-0.1, -0.05) is 6.92 Å². The summed E-state index contributed by atoms with van der Waals surface area (Å²) >= 11 is 0. The molecule has 4 aliphatic rings. The summed E-state index contributed by atoms with van der Waals surface area (Å²) < 4.78 is 11.6. The van der Waals surface area contributed by atoms with Gasteiger partial charge in [-0.2, -0.15) is 0 Å². The van der Waals surface area contributed by atoms with Gasteiger partial charge in [0.1, 0.15) is 12.2 Å². The molecule has 0 radical (unpaired) electrons. The van der Waals surface area contributed by atoms with Crippen LogP contribution in [0.15, 0.2) is 0 Å². The van der Waals surface area contributed by atoms with Gasteiger partial charge in [0.2, 0.25) is 0 Å². The van der Waals surface area contributed by atoms with Crippen molar-refractivity contribution in [2.45, 2.75) is 71.0 Å². The molecule has 24 heavy (non-hydrogen) atoms. The molecular weight excluding hydrogens is 312 g/mol. The predicted molar refractivity (Wildman–Crippen MR) is 84.3 cm³/mol. The van der Waals surface area contributed by atoms with Crippen LogP contribution in [-0.2, 0) is 23.9 Å². The number of carbonyl (C=O) groups excluding carboxylic acids is 2. The molecule has 2 aliphatic carbocycles. The van der Waals surface area contributed by atoms with Crippen LogP contribution in [0.2, 0.25) is 0 Å². The van der Waals surface area contributed by atoms with Crippen molar-refractivity contribution in [1.29, 1.82) is 0 Å². The van der Waals surface area contributed by atoms with Crippen molar-refractivity contribution in [3.8, 4) is 0 Å². The first-order chi connectivity index (χ1) is 11.1. The van der Waals surface area contributed by atoms with Crippen LogP contribution in [0.25, 0.3) is 0 Å². The highest BCUT2D eigenvalue weighted by atomic mass is 16.6. The van der Waals surface area contributed by atoms with Gasteiger partial charge in [0, 0.05) is 18.8 Å². The highest BCUT2D eigenvalue weighted by Gasteiger charge is 2.62. The number of ether oxygens (including phenoxy) is 2. The lowest BCUT2D eigenvalue weighted by molar-refractivity contribution is -0.217. The van der Waals surface area contributed by atoms with E-state index in [-0.39, 0.29) is 30.9 Å². The summed E-state index contributed by atoms with van der Waals surface area (Å²) in [6.07, 6.45) is 2.19. The first kappa shape index (κ1) is 17.4. The fraction of sp³-hybridized carbons (Fsp3) is 0.833. The number of carbonyl (C=O) groups is 3. The number of carboxylic acid groups (broad SMARTS) is 1. The van der Waals surface area contributed by atoms with E-state index < -0.39 is 28.3 Å². The van der Waals surface area contributed by atoms with Crippen LogP contribution in [0.1, 0.15) is 59.3 Å². The van der Waals surface area contributed by atoms with E-state index in [1.807, 2.05) is 20.8 Å². The second-order valence-electron chi connectivity index (χ2n) is 8.48. The van der Waals surface area contributed by atoms with Crippen LogP contribution in [0.5, 0.6) is 0 Å². The van der Waals surface area contributed by atoms with Gasteiger partial charge in [0.25, 0.3) is 0 Å². The summed E-state index contributed by atoms with van der Waals surface area (Å²) in [5, 5.41) is 9.83. The average Bonchev–Trinajstić information content (AvgIpc) is 2.50. The average molecular weight is 338 g/mol. The van der Waals surface area contributed by atoms with E-state index in [2.05, 4.69) is 0 Å². The summed E-state index contributed by atoms with van der Waals surface area (Å²) in [7, 11) is 0. The maximum Gasteiger partial charge on any atom is 0.312 e. The van der Waals surface area contributed by atoms with Crippen molar-refractivity contribution in [1.82, 2.24) is 0 Å². The third-order valence-corrected chi connectivity index (χ3v) is 6.25. The first-order valence-electron chi connectivity index (χ1n) is 8.73. The highest BCUT2D eigenvalue weighted by molar-refractivity contribution is 5.85. The molecule has 0 amide bonds. The minimum atomic E-state index is -1.03. The Kier molecular flexibility index (Phi) is 4.02. The molecule has 2 saturated heterocycles. The molecule has 0 aromatic rings. The number of hydrogen-bond acceptors (Lipinski definition) is 5. The number of hydrogen-bond donors (Lipinski definition) is 1. The molecular formula is C18H26O6. The zero-order valence-electron chi connectivity index (χ0n) is 14.6. The number of ketones is 1. The lowest BCUT2D eigenvalue weighted by atomic mass is 9.55. The second-order valence-corrected chi connectivity index (χ2v) is 8.48. The van der Waals surface area contributed by atoms with Crippen LogP contribution >= 0.6 is 0 Å². The van der Waals surface area contributed by atoms with Gasteiger partial charge >= 0.3 is 11.9 Å². The number of carboxylic acids is 1. The molecule has 134 valence electrons. The molecule has 4 fully saturated rings. The van der Waals surface area contributed by atoms with Gasteiger partial charge in [0.15, 0.2) is 5.78 Å². The molecule has 0 spiro atoms. The van der Waals surface area contributed by atoms with Crippen LogP contribution in [-0.4, -0.2) is 41.1 Å². The molecule has 1 N–H and O–H groups in total. The first-order valence-corrected chi connectivity index (χ1v) is 8.73. The van der Waals surface area contributed by atoms with Gasteiger partial charge in [-0.25, -0.2) is 0 Å². The summed E-state index contributed by atoms with van der Waals surface area (Å²) in [6.45, 7) is 5.61. The standard InChI is InChI=1S/C18H26O6/c1-4-16(2,3)15(22)24-18-6-11-5-17(10-18,14(20)21)7-12(8-18)23-9-13(11)19/h11-12H,4-10H2,1-3H3,(H,20,21). The topological polar surface area (TPSA) is 89.9 Å². The molecule has 0 aromatic heterocycles. The van der Waals surface area contributed by atoms with Crippen molar-refractivity contribution < 1.29 is 29.0 Å². The minimum Gasteiger partial charge on any atom is -0.481 e. The molecule has 4 unspecified atom stereocenters. The Morgan fingerprint density at radius 2 is 2.00 bits per heavy atom. The van der Waals surface area contributed by atoms with Gasteiger partial charge in [-0.05, 0) is 39.5 Å². The van der Waals surface area contributed by atoms with Crippen molar-refractivity contribution >= 4 is 17.7 Å². The van der Waals surface area contributed by atoms with Crippen molar-refractivity contribution in [2.24, 2.45) is 16.7 Å². The molecule has 4 bridgehead atoms.